The number of benzene rings is 1. The summed E-state index contributed by atoms with van der Waals surface area (Å²) in [5, 5.41) is 0. The highest BCUT2D eigenvalue weighted by molar-refractivity contribution is 6.17. The third kappa shape index (κ3) is 1.33. The summed E-state index contributed by atoms with van der Waals surface area (Å²) in [4.78, 5) is 12.1. The van der Waals surface area contributed by atoms with E-state index in [1.165, 1.54) is 0 Å². The molecule has 0 atom stereocenters. The summed E-state index contributed by atoms with van der Waals surface area (Å²) < 4.78 is 0. The van der Waals surface area contributed by atoms with Crippen molar-refractivity contribution in [2.75, 3.05) is 5.73 Å². The Morgan fingerprint density at radius 3 is 2.56 bits per heavy atom. The molecule has 0 bridgehead atoms. The van der Waals surface area contributed by atoms with Crippen molar-refractivity contribution >= 4 is 17.0 Å². The fraction of sp³-hybridized carbons (Fsp3) is 0.154. The summed E-state index contributed by atoms with van der Waals surface area (Å²) in [6.07, 6.45) is 0.609. The number of rotatable bonds is 1. The van der Waals surface area contributed by atoms with Gasteiger partial charge in [-0.15, -0.1) is 0 Å². The maximum atomic E-state index is 12.1. The largest absolute Gasteiger partial charge is 0.399 e. The molecule has 0 unspecified atom stereocenters. The normalized spacial score (nSPS) is 15.3. The number of carbonyl (C=O) groups is 1. The van der Waals surface area contributed by atoms with Crippen LogP contribution in [0.2, 0.25) is 0 Å². The number of nitrogens with two attached hydrogens (primary N) is 2. The summed E-state index contributed by atoms with van der Waals surface area (Å²) >= 11 is 0. The van der Waals surface area contributed by atoms with Gasteiger partial charge in [-0.1, -0.05) is 19.6 Å². The topological polar surface area (TPSA) is 69.1 Å². The number of nitrogen functional groups attached to an aromatic ring is 1. The molecule has 0 aromatic heterocycles. The Kier molecular flexibility index (Phi) is 2.31. The Morgan fingerprint density at radius 1 is 1.25 bits per heavy atom. The van der Waals surface area contributed by atoms with Gasteiger partial charge in [0.1, 0.15) is 0 Å². The van der Waals surface area contributed by atoms with Gasteiger partial charge >= 0.3 is 0 Å². The minimum absolute atomic E-state index is 0.0327. The molecule has 1 aromatic carbocycles. The second kappa shape index (κ2) is 3.52. The van der Waals surface area contributed by atoms with Crippen molar-refractivity contribution in [2.45, 2.75) is 13.3 Å². The first-order valence-corrected chi connectivity index (χ1v) is 5.18. The molecule has 16 heavy (non-hydrogen) atoms. The molecular formula is C13H14N2O. The first-order chi connectivity index (χ1) is 7.56. The minimum atomic E-state index is -0.0327. The molecule has 0 saturated carbocycles. The Bertz CT molecular complexity index is 527. The van der Waals surface area contributed by atoms with Crippen molar-refractivity contribution < 1.29 is 4.79 Å². The summed E-state index contributed by atoms with van der Waals surface area (Å²) in [6.45, 7) is 5.83. The van der Waals surface area contributed by atoms with E-state index in [1.807, 2.05) is 6.92 Å². The maximum absolute atomic E-state index is 12.1. The molecule has 0 aliphatic heterocycles. The van der Waals surface area contributed by atoms with Gasteiger partial charge < -0.3 is 11.5 Å². The predicted molar refractivity (Wildman–Crippen MR) is 65.7 cm³/mol. The average molecular weight is 214 g/mol. The molecule has 0 radical (unpaired) electrons. The zero-order chi connectivity index (χ0) is 11.9. The number of allylic oxidation sites excluding steroid dienone is 2. The zero-order valence-corrected chi connectivity index (χ0v) is 9.21. The van der Waals surface area contributed by atoms with Gasteiger partial charge in [-0.2, -0.15) is 0 Å². The van der Waals surface area contributed by atoms with Crippen LogP contribution in [0.5, 0.6) is 0 Å². The van der Waals surface area contributed by atoms with E-state index >= 15 is 0 Å². The lowest BCUT2D eigenvalue weighted by atomic mass is 9.84. The van der Waals surface area contributed by atoms with Crippen LogP contribution in [0.15, 0.2) is 36.0 Å². The molecule has 3 nitrogen and oxygen atoms in total. The van der Waals surface area contributed by atoms with Gasteiger partial charge in [-0.3, -0.25) is 4.79 Å². The quantitative estimate of drug-likeness (QED) is 0.703. The lowest BCUT2D eigenvalue weighted by molar-refractivity contribution is 0.102. The van der Waals surface area contributed by atoms with Gasteiger partial charge in [0.2, 0.25) is 0 Å². The minimum Gasteiger partial charge on any atom is -0.399 e. The molecule has 0 heterocycles. The van der Waals surface area contributed by atoms with Gasteiger partial charge in [0.15, 0.2) is 5.78 Å². The van der Waals surface area contributed by atoms with Crippen LogP contribution >= 0.6 is 0 Å². The fourth-order valence-corrected chi connectivity index (χ4v) is 1.98. The number of carbonyl (C=O) groups excluding carboxylic acids is 1. The Hall–Kier alpha value is -2.03. The Balaban J connectivity index is 2.69. The predicted octanol–water partition coefficient (Wildman–Crippen LogP) is 2.10. The number of fused-ring (bicyclic) bond motifs is 1. The van der Waals surface area contributed by atoms with Gasteiger partial charge in [0, 0.05) is 22.5 Å². The highest BCUT2D eigenvalue weighted by Gasteiger charge is 2.25. The first kappa shape index (κ1) is 10.5. The molecule has 0 amide bonds. The summed E-state index contributed by atoms with van der Waals surface area (Å²) in [5.74, 6) is -0.0327. The number of hydrogen-bond acceptors (Lipinski definition) is 3. The second-order valence-corrected chi connectivity index (χ2v) is 3.86. The van der Waals surface area contributed by atoms with Crippen LogP contribution < -0.4 is 11.5 Å². The summed E-state index contributed by atoms with van der Waals surface area (Å²) in [6, 6.07) is 5.23. The summed E-state index contributed by atoms with van der Waals surface area (Å²) in [7, 11) is 0. The van der Waals surface area contributed by atoms with Gasteiger partial charge in [-0.05, 0) is 29.7 Å². The third-order valence-electron chi connectivity index (χ3n) is 2.89. The maximum Gasteiger partial charge on any atom is 0.191 e. The van der Waals surface area contributed by atoms with E-state index in [0.29, 0.717) is 34.5 Å². The van der Waals surface area contributed by atoms with Crippen molar-refractivity contribution in [1.82, 2.24) is 0 Å². The standard InChI is InChI=1S/C13H14N2O/c1-3-9-12(15)7(2)10-5-4-8(14)6-11(10)13(9)16/h4-6H,2-3,14-15H2,1H3. The monoisotopic (exact) mass is 214 g/mol. The average Bonchev–Trinajstić information content (AvgIpc) is 2.27. The number of hydrogen-bond donors (Lipinski definition) is 2. The molecular weight excluding hydrogens is 200 g/mol. The molecule has 3 heteroatoms. The van der Waals surface area contributed by atoms with Crippen molar-refractivity contribution in [2.24, 2.45) is 5.73 Å². The Morgan fingerprint density at radius 2 is 1.94 bits per heavy atom. The van der Waals surface area contributed by atoms with Crippen molar-refractivity contribution in [3.8, 4) is 0 Å². The van der Waals surface area contributed by atoms with Crippen LogP contribution in [0.1, 0.15) is 29.3 Å². The van der Waals surface area contributed by atoms with Gasteiger partial charge in [-0.25, -0.2) is 0 Å². The van der Waals surface area contributed by atoms with E-state index < -0.39 is 0 Å². The van der Waals surface area contributed by atoms with Crippen LogP contribution in [-0.2, 0) is 0 Å². The molecule has 1 aromatic rings. The van der Waals surface area contributed by atoms with Gasteiger partial charge in [0.25, 0.3) is 0 Å². The molecule has 0 spiro atoms. The van der Waals surface area contributed by atoms with Crippen LogP contribution in [-0.4, -0.2) is 5.78 Å². The number of ketones is 1. The Labute approximate surface area is 94.4 Å². The van der Waals surface area contributed by atoms with Crippen LogP contribution in [0, 0.1) is 0 Å². The van der Waals surface area contributed by atoms with Crippen LogP contribution in [0.3, 0.4) is 0 Å². The lowest BCUT2D eigenvalue weighted by Crippen LogP contribution is -2.19. The third-order valence-corrected chi connectivity index (χ3v) is 2.89. The summed E-state index contributed by atoms with van der Waals surface area (Å²) in [5.41, 5.74) is 15.4. The fourth-order valence-electron chi connectivity index (χ4n) is 1.98. The highest BCUT2D eigenvalue weighted by atomic mass is 16.1. The number of anilines is 1. The van der Waals surface area contributed by atoms with Crippen molar-refractivity contribution in [3.05, 3.63) is 47.2 Å². The van der Waals surface area contributed by atoms with Crippen LogP contribution in [0.4, 0.5) is 5.69 Å². The van der Waals surface area contributed by atoms with E-state index in [-0.39, 0.29) is 5.78 Å². The van der Waals surface area contributed by atoms with Crippen molar-refractivity contribution in [3.63, 3.8) is 0 Å². The molecule has 0 fully saturated rings. The molecule has 2 rings (SSSR count). The van der Waals surface area contributed by atoms with Gasteiger partial charge in [0.05, 0.1) is 0 Å². The smallest absolute Gasteiger partial charge is 0.191 e. The van der Waals surface area contributed by atoms with Crippen LogP contribution in [0.25, 0.3) is 5.57 Å². The van der Waals surface area contributed by atoms with E-state index in [4.69, 9.17) is 11.5 Å². The lowest BCUT2D eigenvalue weighted by Gasteiger charge is -2.21. The van der Waals surface area contributed by atoms with Crippen molar-refractivity contribution in [1.29, 1.82) is 0 Å². The molecule has 82 valence electrons. The highest BCUT2D eigenvalue weighted by Crippen LogP contribution is 2.33. The number of Topliss-reactive ketones (excluding diaryl/α,β-unsaturated/α-hetero) is 1. The molecule has 4 N–H and O–H groups in total. The zero-order valence-electron chi connectivity index (χ0n) is 9.21. The molecule has 1 aliphatic rings. The SMILES string of the molecule is C=C1C(N)=C(CC)C(=O)c2cc(N)ccc21. The second-order valence-electron chi connectivity index (χ2n) is 3.86. The van der Waals surface area contributed by atoms with E-state index in [0.717, 1.165) is 5.56 Å². The van der Waals surface area contributed by atoms with E-state index in [1.54, 1.807) is 18.2 Å². The first-order valence-electron chi connectivity index (χ1n) is 5.18. The molecule has 0 saturated heterocycles. The molecule has 1 aliphatic carbocycles. The van der Waals surface area contributed by atoms with E-state index in [9.17, 15) is 4.79 Å². The van der Waals surface area contributed by atoms with E-state index in [2.05, 4.69) is 6.58 Å².